The number of halogens is 1. The lowest BCUT2D eigenvalue weighted by Crippen LogP contribution is -2.53. The molecule has 0 aromatic heterocycles. The van der Waals surface area contributed by atoms with E-state index < -0.39 is 5.82 Å². The van der Waals surface area contributed by atoms with Gasteiger partial charge < -0.3 is 9.47 Å². The number of rotatable bonds is 5. The topological polar surface area (TPSA) is 69.2 Å². The molecule has 1 atom stereocenters. The van der Waals surface area contributed by atoms with Crippen molar-refractivity contribution >= 4 is 12.1 Å². The van der Waals surface area contributed by atoms with E-state index in [1.807, 2.05) is 36.4 Å². The number of quaternary nitrogens is 1. The molecule has 1 aliphatic carbocycles. The molecular formula is C23H18FN4O2+. The van der Waals surface area contributed by atoms with Crippen LogP contribution in [0, 0.1) is 5.82 Å². The lowest BCUT2D eigenvalue weighted by Gasteiger charge is -2.26. The second-order valence-corrected chi connectivity index (χ2v) is 6.90. The highest BCUT2D eigenvalue weighted by Gasteiger charge is 2.46. The number of aliphatic imine (C=N–C) groups is 2. The summed E-state index contributed by atoms with van der Waals surface area (Å²) in [5.41, 5.74) is 2.49. The van der Waals surface area contributed by atoms with E-state index in [9.17, 15) is 0 Å². The van der Waals surface area contributed by atoms with Gasteiger partial charge in [-0.1, -0.05) is 36.4 Å². The van der Waals surface area contributed by atoms with Crippen molar-refractivity contribution in [2.24, 2.45) is 15.8 Å². The third-order valence-electron chi connectivity index (χ3n) is 5.08. The molecule has 30 heavy (non-hydrogen) atoms. The zero-order chi connectivity index (χ0) is 20.7. The Morgan fingerprint density at radius 2 is 1.90 bits per heavy atom. The predicted molar refractivity (Wildman–Crippen MR) is 112 cm³/mol. The Kier molecular flexibility index (Phi) is 4.20. The highest BCUT2D eigenvalue weighted by atomic mass is 19.1. The first kappa shape index (κ1) is 18.2. The fourth-order valence-corrected chi connectivity index (χ4v) is 3.48. The zero-order valence-electron chi connectivity index (χ0n) is 16.1. The molecule has 7 heteroatoms. The lowest BCUT2D eigenvalue weighted by atomic mass is 10.0. The van der Waals surface area contributed by atoms with E-state index in [4.69, 9.17) is 20.3 Å². The molecule has 2 N–H and O–H groups in total. The van der Waals surface area contributed by atoms with Gasteiger partial charge in [-0.05, 0) is 12.1 Å². The Balaban J connectivity index is 1.59. The van der Waals surface area contributed by atoms with Crippen LogP contribution in [0.2, 0.25) is 0 Å². The molecule has 0 saturated carbocycles. The van der Waals surface area contributed by atoms with E-state index in [0.29, 0.717) is 28.7 Å². The van der Waals surface area contributed by atoms with Crippen molar-refractivity contribution in [2.75, 3.05) is 7.11 Å². The lowest BCUT2D eigenvalue weighted by molar-refractivity contribution is -0.750. The van der Waals surface area contributed by atoms with Crippen LogP contribution >= 0.6 is 0 Å². The Hall–Kier alpha value is -3.81. The molecule has 2 aromatic rings. The number of para-hydroxylation sites is 1. The Labute approximate surface area is 172 Å². The van der Waals surface area contributed by atoms with Gasteiger partial charge in [-0.2, -0.15) is 10.8 Å². The van der Waals surface area contributed by atoms with Crippen LogP contribution in [0.4, 0.5) is 4.39 Å². The summed E-state index contributed by atoms with van der Waals surface area (Å²) in [5.74, 6) is 7.69. The summed E-state index contributed by atoms with van der Waals surface area (Å²) < 4.78 is 26.3. The molecule has 3 aliphatic rings. The SMILES string of the molecule is COc1cc(C2=NC(C3=CC=C3)=C3C=NC=C[N+]23N)c(F)cc1Oc1ccccc1. The van der Waals surface area contributed by atoms with Crippen LogP contribution in [0.3, 0.4) is 0 Å². The molecule has 0 fully saturated rings. The van der Waals surface area contributed by atoms with Gasteiger partial charge in [0, 0.05) is 17.7 Å². The molecule has 0 radical (unpaired) electrons. The number of nitrogens with two attached hydrogens (primary N) is 1. The van der Waals surface area contributed by atoms with Gasteiger partial charge in [0.05, 0.1) is 25.1 Å². The molecule has 2 aromatic carbocycles. The predicted octanol–water partition coefficient (Wildman–Crippen LogP) is 4.34. The average molecular weight is 401 g/mol. The van der Waals surface area contributed by atoms with E-state index in [1.165, 1.54) is 13.2 Å². The third kappa shape index (κ3) is 2.80. The average Bonchev–Trinajstić information content (AvgIpc) is 3.00. The van der Waals surface area contributed by atoms with Crippen LogP contribution in [-0.4, -0.2) is 23.8 Å². The van der Waals surface area contributed by atoms with Gasteiger partial charge in [-0.15, -0.1) is 4.59 Å². The quantitative estimate of drug-likeness (QED) is 0.599. The van der Waals surface area contributed by atoms with Crippen molar-refractivity contribution in [1.29, 1.82) is 0 Å². The number of hydrogen-bond acceptors (Lipinski definition) is 5. The number of amidine groups is 1. The van der Waals surface area contributed by atoms with Crippen LogP contribution < -0.4 is 15.3 Å². The summed E-state index contributed by atoms with van der Waals surface area (Å²) in [7, 11) is 1.50. The van der Waals surface area contributed by atoms with E-state index in [0.717, 1.165) is 5.57 Å². The van der Waals surface area contributed by atoms with Gasteiger partial charge in [0.15, 0.2) is 11.5 Å². The van der Waals surface area contributed by atoms with Crippen molar-refractivity contribution in [3.05, 3.63) is 101 Å². The molecule has 0 saturated heterocycles. The zero-order valence-corrected chi connectivity index (χ0v) is 16.1. The number of hydrogen-bond donors (Lipinski definition) is 1. The van der Waals surface area contributed by atoms with E-state index in [1.54, 1.807) is 36.8 Å². The smallest absolute Gasteiger partial charge is 0.268 e. The van der Waals surface area contributed by atoms with Gasteiger partial charge >= 0.3 is 0 Å². The summed E-state index contributed by atoms with van der Waals surface area (Å²) in [6, 6.07) is 12.0. The summed E-state index contributed by atoms with van der Waals surface area (Å²) in [4.78, 5) is 8.87. The maximum atomic E-state index is 15.3. The van der Waals surface area contributed by atoms with Gasteiger partial charge in [0.25, 0.3) is 5.84 Å². The number of benzene rings is 2. The molecule has 0 amide bonds. The number of methoxy groups -OCH3 is 1. The molecule has 2 aliphatic heterocycles. The summed E-state index contributed by atoms with van der Waals surface area (Å²) >= 11 is 0. The largest absolute Gasteiger partial charge is 0.493 e. The van der Waals surface area contributed by atoms with Crippen LogP contribution in [-0.2, 0) is 0 Å². The van der Waals surface area contributed by atoms with Gasteiger partial charge in [-0.25, -0.2) is 4.39 Å². The van der Waals surface area contributed by atoms with E-state index in [2.05, 4.69) is 4.99 Å². The standard InChI is InChI=1S/C23H18FN4O2/c1-29-20-12-17(18(24)13-21(20)30-16-8-3-2-4-9-16)23-27-22(15-6-5-7-15)19-14-26-10-11-28(19,23)25/h2-14H,25H2,1H3/q+1. The molecule has 2 heterocycles. The van der Waals surface area contributed by atoms with Crippen LogP contribution in [0.25, 0.3) is 0 Å². The monoisotopic (exact) mass is 401 g/mol. The Morgan fingerprint density at radius 3 is 2.60 bits per heavy atom. The first-order valence-corrected chi connectivity index (χ1v) is 9.32. The van der Waals surface area contributed by atoms with Crippen molar-refractivity contribution in [2.45, 2.75) is 0 Å². The van der Waals surface area contributed by atoms with Crippen LogP contribution in [0.5, 0.6) is 17.2 Å². The van der Waals surface area contributed by atoms with Gasteiger partial charge in [-0.3, -0.25) is 4.99 Å². The van der Waals surface area contributed by atoms with E-state index >= 15 is 4.39 Å². The number of nitrogens with zero attached hydrogens (tertiary/aromatic N) is 3. The minimum atomic E-state index is -0.516. The summed E-state index contributed by atoms with van der Waals surface area (Å²) in [5, 5.41) is 0. The Morgan fingerprint density at radius 1 is 1.10 bits per heavy atom. The van der Waals surface area contributed by atoms with Crippen LogP contribution in [0.15, 0.2) is 100 Å². The molecule has 5 rings (SSSR count). The fourth-order valence-electron chi connectivity index (χ4n) is 3.48. The second-order valence-electron chi connectivity index (χ2n) is 6.90. The summed E-state index contributed by atoms with van der Waals surface area (Å²) in [6.45, 7) is 0. The maximum Gasteiger partial charge on any atom is 0.268 e. The number of ether oxygens (including phenoxy) is 2. The third-order valence-corrected chi connectivity index (χ3v) is 5.08. The first-order valence-electron chi connectivity index (χ1n) is 9.32. The normalized spacial score (nSPS) is 21.2. The van der Waals surface area contributed by atoms with Crippen molar-refractivity contribution in [3.8, 4) is 17.2 Å². The minimum Gasteiger partial charge on any atom is -0.493 e. The highest BCUT2D eigenvalue weighted by Crippen LogP contribution is 2.40. The van der Waals surface area contributed by atoms with Crippen molar-refractivity contribution < 1.29 is 18.5 Å². The minimum absolute atomic E-state index is 0.228. The van der Waals surface area contributed by atoms with E-state index in [-0.39, 0.29) is 15.9 Å². The molecule has 0 bridgehead atoms. The van der Waals surface area contributed by atoms with Gasteiger partial charge in [0.2, 0.25) is 5.70 Å². The van der Waals surface area contributed by atoms with Crippen molar-refractivity contribution in [3.63, 3.8) is 0 Å². The first-order chi connectivity index (χ1) is 14.6. The fraction of sp³-hybridized carbons (Fsp3) is 0.0435. The molecule has 1 unspecified atom stereocenters. The Bertz CT molecular complexity index is 1230. The highest BCUT2D eigenvalue weighted by molar-refractivity contribution is 6.02. The van der Waals surface area contributed by atoms with Gasteiger partial charge in [0.1, 0.15) is 23.5 Å². The number of fused-ring (bicyclic) bond motifs is 1. The van der Waals surface area contributed by atoms with Crippen molar-refractivity contribution in [1.82, 2.24) is 0 Å². The molecular weight excluding hydrogens is 383 g/mol. The summed E-state index contributed by atoms with van der Waals surface area (Å²) in [6.07, 6.45) is 10.7. The second kappa shape index (κ2) is 6.91. The molecule has 148 valence electrons. The maximum absolute atomic E-state index is 15.3. The van der Waals surface area contributed by atoms with Crippen LogP contribution in [0.1, 0.15) is 5.56 Å². The molecule has 0 spiro atoms. The number of allylic oxidation sites excluding steroid dienone is 4. The molecule has 6 nitrogen and oxygen atoms in total.